The Labute approximate surface area is 211 Å². The Balaban J connectivity index is 1.93. The van der Waals surface area contributed by atoms with Crippen molar-refractivity contribution >= 4 is 12.0 Å². The van der Waals surface area contributed by atoms with Crippen molar-refractivity contribution in [2.75, 3.05) is 26.3 Å². The zero-order chi connectivity index (χ0) is 26.7. The highest BCUT2D eigenvalue weighted by molar-refractivity contribution is 5.74. The zero-order valence-electron chi connectivity index (χ0n) is 21.4. The summed E-state index contributed by atoms with van der Waals surface area (Å²) in [6, 6.07) is 9.95. The smallest absolute Gasteiger partial charge is 0.333 e. The average Bonchev–Trinajstić information content (AvgIpc) is 2.80. The fourth-order valence-corrected chi connectivity index (χ4v) is 3.36. The van der Waals surface area contributed by atoms with Crippen LogP contribution in [-0.2, 0) is 22.5 Å². The molecule has 0 heterocycles. The molecular weight excluding hydrogens is 470 g/mol. The molecular formula is C27H36F2N2O5. The van der Waals surface area contributed by atoms with Gasteiger partial charge in [0.2, 0.25) is 0 Å². The van der Waals surface area contributed by atoms with Crippen LogP contribution in [0.4, 0.5) is 13.6 Å². The summed E-state index contributed by atoms with van der Waals surface area (Å²) in [6.45, 7) is 9.27. The summed E-state index contributed by atoms with van der Waals surface area (Å²) < 4.78 is 38.1. The van der Waals surface area contributed by atoms with E-state index in [-0.39, 0.29) is 36.6 Å². The van der Waals surface area contributed by atoms with Gasteiger partial charge in [-0.3, -0.25) is 0 Å². The van der Waals surface area contributed by atoms with Gasteiger partial charge in [0, 0.05) is 37.7 Å². The fourth-order valence-electron chi connectivity index (χ4n) is 3.36. The third kappa shape index (κ3) is 10.2. The molecule has 0 bridgehead atoms. The van der Waals surface area contributed by atoms with Gasteiger partial charge in [0.15, 0.2) is 6.10 Å². The lowest BCUT2D eigenvalue weighted by atomic mass is 9.92. The van der Waals surface area contributed by atoms with Crippen LogP contribution >= 0.6 is 0 Å². The van der Waals surface area contributed by atoms with Gasteiger partial charge in [-0.15, -0.1) is 0 Å². The SMILES string of the molecule is CCOC(Cc1ccc(OCCN(CCC(C)(C)C)C(=O)NCc2ccc(F)cc2F)cc1)C(=O)O. The molecule has 198 valence electrons. The second-order valence-corrected chi connectivity index (χ2v) is 9.67. The second kappa shape index (κ2) is 13.8. The predicted molar refractivity (Wildman–Crippen MR) is 133 cm³/mol. The normalized spacial score (nSPS) is 12.2. The number of hydrogen-bond acceptors (Lipinski definition) is 4. The molecule has 0 aliphatic rings. The van der Waals surface area contributed by atoms with Crippen LogP contribution in [0.1, 0.15) is 45.2 Å². The van der Waals surface area contributed by atoms with E-state index < -0.39 is 23.7 Å². The molecule has 0 fully saturated rings. The maximum absolute atomic E-state index is 13.9. The van der Waals surface area contributed by atoms with Crippen molar-refractivity contribution in [1.29, 1.82) is 0 Å². The maximum Gasteiger partial charge on any atom is 0.333 e. The van der Waals surface area contributed by atoms with Gasteiger partial charge >= 0.3 is 12.0 Å². The number of carbonyl (C=O) groups is 2. The molecule has 36 heavy (non-hydrogen) atoms. The number of carboxylic acid groups (broad SMARTS) is 1. The number of nitrogens with zero attached hydrogens (tertiary/aromatic N) is 1. The van der Waals surface area contributed by atoms with Crippen LogP contribution in [0.25, 0.3) is 0 Å². The molecule has 9 heteroatoms. The molecule has 2 aromatic carbocycles. The van der Waals surface area contributed by atoms with Crippen molar-refractivity contribution < 1.29 is 33.0 Å². The molecule has 0 aliphatic carbocycles. The molecule has 0 saturated carbocycles. The van der Waals surface area contributed by atoms with E-state index in [4.69, 9.17) is 9.47 Å². The first-order valence-corrected chi connectivity index (χ1v) is 12.0. The molecule has 1 atom stereocenters. The largest absolute Gasteiger partial charge is 0.492 e. The number of amides is 2. The first kappa shape index (κ1) is 29.0. The molecule has 2 rings (SSSR count). The molecule has 1 unspecified atom stereocenters. The Morgan fingerprint density at radius 2 is 1.78 bits per heavy atom. The molecule has 2 aromatic rings. The quantitative estimate of drug-likeness (QED) is 0.398. The van der Waals surface area contributed by atoms with E-state index in [1.54, 1.807) is 36.1 Å². The van der Waals surface area contributed by atoms with Crippen LogP contribution in [0.3, 0.4) is 0 Å². The van der Waals surface area contributed by atoms with Gasteiger partial charge in [-0.05, 0) is 42.5 Å². The average molecular weight is 507 g/mol. The summed E-state index contributed by atoms with van der Waals surface area (Å²) in [5, 5.41) is 11.9. The lowest BCUT2D eigenvalue weighted by Crippen LogP contribution is -2.43. The van der Waals surface area contributed by atoms with Gasteiger partial charge in [0.1, 0.15) is 24.0 Å². The summed E-state index contributed by atoms with van der Waals surface area (Å²) in [5.41, 5.74) is 1.02. The highest BCUT2D eigenvalue weighted by Crippen LogP contribution is 2.19. The lowest BCUT2D eigenvalue weighted by Gasteiger charge is -2.27. The van der Waals surface area contributed by atoms with E-state index in [0.717, 1.165) is 24.1 Å². The number of rotatable bonds is 13. The summed E-state index contributed by atoms with van der Waals surface area (Å²) in [6.07, 6.45) is 0.101. The molecule has 0 radical (unpaired) electrons. The third-order valence-electron chi connectivity index (χ3n) is 5.48. The van der Waals surface area contributed by atoms with Crippen molar-refractivity contribution in [1.82, 2.24) is 10.2 Å². The van der Waals surface area contributed by atoms with E-state index in [0.29, 0.717) is 25.4 Å². The molecule has 0 saturated heterocycles. The number of ether oxygens (including phenoxy) is 2. The fraction of sp³-hybridized carbons (Fsp3) is 0.481. The van der Waals surface area contributed by atoms with Gasteiger partial charge in [0.05, 0.1) is 6.54 Å². The summed E-state index contributed by atoms with van der Waals surface area (Å²) >= 11 is 0. The minimum absolute atomic E-state index is 0.00752. The van der Waals surface area contributed by atoms with E-state index in [9.17, 15) is 23.5 Å². The molecule has 2 amide bonds. The molecule has 0 aromatic heterocycles. The monoisotopic (exact) mass is 506 g/mol. The van der Waals surface area contributed by atoms with E-state index in [1.807, 2.05) is 0 Å². The van der Waals surface area contributed by atoms with Crippen LogP contribution in [0.15, 0.2) is 42.5 Å². The zero-order valence-corrected chi connectivity index (χ0v) is 21.4. The number of nitrogens with one attached hydrogen (secondary N) is 1. The third-order valence-corrected chi connectivity index (χ3v) is 5.48. The molecule has 2 N–H and O–H groups in total. The van der Waals surface area contributed by atoms with E-state index >= 15 is 0 Å². The number of urea groups is 1. The van der Waals surface area contributed by atoms with Crippen LogP contribution in [0.5, 0.6) is 5.75 Å². The van der Waals surface area contributed by atoms with Gasteiger partial charge in [-0.2, -0.15) is 0 Å². The first-order valence-electron chi connectivity index (χ1n) is 12.0. The molecule has 0 spiro atoms. The van der Waals surface area contributed by atoms with Gasteiger partial charge < -0.3 is 24.8 Å². The van der Waals surface area contributed by atoms with Gasteiger partial charge in [-0.1, -0.05) is 39.0 Å². The number of halogens is 2. The molecule has 0 aliphatic heterocycles. The number of benzene rings is 2. The van der Waals surface area contributed by atoms with Crippen molar-refractivity contribution in [3.05, 3.63) is 65.2 Å². The summed E-state index contributed by atoms with van der Waals surface area (Å²) in [4.78, 5) is 25.7. The minimum atomic E-state index is -1.01. The van der Waals surface area contributed by atoms with Gasteiger partial charge in [0.25, 0.3) is 0 Å². The van der Waals surface area contributed by atoms with E-state index in [1.165, 1.54) is 6.07 Å². The van der Waals surface area contributed by atoms with Crippen LogP contribution in [0.2, 0.25) is 0 Å². The van der Waals surface area contributed by atoms with Crippen molar-refractivity contribution in [3.63, 3.8) is 0 Å². The standard InChI is InChI=1S/C27H36F2N2O5/c1-5-35-24(25(32)33)16-19-6-10-22(11-7-19)36-15-14-31(13-12-27(2,3)4)26(34)30-18-20-8-9-21(28)17-23(20)29/h6-11,17,24H,5,12-16,18H2,1-4H3,(H,30,34)(H,32,33). The van der Waals surface area contributed by atoms with Crippen molar-refractivity contribution in [2.24, 2.45) is 5.41 Å². The minimum Gasteiger partial charge on any atom is -0.492 e. The Kier molecular flexibility index (Phi) is 11.1. The summed E-state index contributed by atoms with van der Waals surface area (Å²) in [5.74, 6) is -1.80. The second-order valence-electron chi connectivity index (χ2n) is 9.67. The Morgan fingerprint density at radius 3 is 2.36 bits per heavy atom. The number of hydrogen-bond donors (Lipinski definition) is 2. The Morgan fingerprint density at radius 1 is 1.08 bits per heavy atom. The van der Waals surface area contributed by atoms with Crippen molar-refractivity contribution in [2.45, 2.75) is 53.2 Å². The topological polar surface area (TPSA) is 88.1 Å². The predicted octanol–water partition coefficient (Wildman–Crippen LogP) is 5.02. The highest BCUT2D eigenvalue weighted by Gasteiger charge is 2.19. The first-order chi connectivity index (χ1) is 17.0. The van der Waals surface area contributed by atoms with Crippen molar-refractivity contribution in [3.8, 4) is 5.75 Å². The Bertz CT molecular complexity index is 993. The number of carboxylic acids is 1. The van der Waals surface area contributed by atoms with Gasteiger partial charge in [-0.25, -0.2) is 18.4 Å². The molecule has 7 nitrogen and oxygen atoms in total. The number of carbonyl (C=O) groups excluding carboxylic acids is 1. The van der Waals surface area contributed by atoms with Crippen LogP contribution in [0, 0.1) is 17.0 Å². The van der Waals surface area contributed by atoms with Crippen LogP contribution in [-0.4, -0.2) is 54.4 Å². The lowest BCUT2D eigenvalue weighted by molar-refractivity contribution is -0.149. The Hall–Kier alpha value is -3.20. The highest BCUT2D eigenvalue weighted by atomic mass is 19.1. The van der Waals surface area contributed by atoms with E-state index in [2.05, 4.69) is 26.1 Å². The van der Waals surface area contributed by atoms with Crippen LogP contribution < -0.4 is 10.1 Å². The maximum atomic E-state index is 13.9. The summed E-state index contributed by atoms with van der Waals surface area (Å²) in [7, 11) is 0. The number of aliphatic carboxylic acids is 1.